The summed E-state index contributed by atoms with van der Waals surface area (Å²) >= 11 is 4.74. The van der Waals surface area contributed by atoms with Crippen molar-refractivity contribution < 1.29 is 61.2 Å². The molecule has 0 bridgehead atoms. The van der Waals surface area contributed by atoms with Crippen LogP contribution in [0, 0.1) is 13.3 Å². The molecule has 0 aromatic heterocycles. The van der Waals surface area contributed by atoms with Gasteiger partial charge in [0.1, 0.15) is 0 Å². The van der Waals surface area contributed by atoms with Gasteiger partial charge in [0.2, 0.25) is 0 Å². The average Bonchev–Trinajstić information content (AvgIpc) is 2.69. The van der Waals surface area contributed by atoms with E-state index in [-0.39, 0.29) is 46.2 Å². The zero-order valence-electron chi connectivity index (χ0n) is 19.4. The van der Waals surface area contributed by atoms with Gasteiger partial charge in [0.05, 0.1) is 18.9 Å². The number of ether oxygens (including phenoxy) is 3. The number of carbonyl (C=O) groups is 1. The Hall–Kier alpha value is 1.59. The van der Waals surface area contributed by atoms with Gasteiger partial charge >= 0.3 is 49.4 Å². The fourth-order valence-corrected chi connectivity index (χ4v) is 1.57. The molecule has 0 heterocycles. The van der Waals surface area contributed by atoms with E-state index in [1.165, 1.54) is 5.92 Å². The summed E-state index contributed by atoms with van der Waals surface area (Å²) in [5, 5.41) is 0. The number of nitrogens with two attached hydrogens (primary N) is 1. The largest absolute Gasteiger partial charge is 0 e. The van der Waals surface area contributed by atoms with Crippen LogP contribution < -0.4 is 10.5 Å². The average molecular weight is 749 g/mol. The number of methoxy groups -OCH3 is 3. The van der Waals surface area contributed by atoms with E-state index in [0.717, 1.165) is 11.8 Å². The summed E-state index contributed by atoms with van der Waals surface area (Å²) in [7, 11) is 5.35. The van der Waals surface area contributed by atoms with Crippen molar-refractivity contribution in [1.29, 1.82) is 0 Å². The molecule has 170 valence electrons. The molecule has 1 unspecified atom stereocenters. The third kappa shape index (κ3) is 18.8. The fraction of sp³-hybridized carbons (Fsp3) is 0.550. The van der Waals surface area contributed by atoms with Crippen LogP contribution in [-0.4, -0.2) is 39.4 Å². The van der Waals surface area contributed by atoms with Crippen LogP contribution in [0.15, 0.2) is 18.2 Å². The zero-order chi connectivity index (χ0) is 22.0. The van der Waals surface area contributed by atoms with Crippen LogP contribution >= 0.6 is 40.0 Å². The van der Waals surface area contributed by atoms with Crippen molar-refractivity contribution in [1.82, 2.24) is 0 Å². The van der Waals surface area contributed by atoms with E-state index >= 15 is 0 Å². The van der Waals surface area contributed by atoms with Crippen LogP contribution in [-0.2, 0) is 51.6 Å². The molecule has 1 rings (SSSR count). The molecule has 0 fully saturated rings. The Bertz CT molecular complexity index is 492. The van der Waals surface area contributed by atoms with Crippen molar-refractivity contribution >= 4 is 46.2 Å². The molecule has 2 N–H and O–H groups in total. The van der Waals surface area contributed by atoms with Crippen molar-refractivity contribution in [2.75, 3.05) is 21.3 Å². The van der Waals surface area contributed by atoms with E-state index < -0.39 is 5.79 Å². The molecule has 5 nitrogen and oxygen atoms in total. The van der Waals surface area contributed by atoms with Crippen molar-refractivity contribution in [3.05, 3.63) is 42.7 Å². The van der Waals surface area contributed by atoms with Crippen LogP contribution in [0.5, 0.6) is 5.75 Å². The number of halogens is 2. The first-order valence-corrected chi connectivity index (χ1v) is 17.4. The Morgan fingerprint density at radius 3 is 1.79 bits per heavy atom. The molecular formula is C20H37I2NO4VY-2. The fourth-order valence-electron chi connectivity index (χ4n) is 1.57. The number of benzene rings is 1. The summed E-state index contributed by atoms with van der Waals surface area (Å²) in [6, 6.07) is 5.45. The van der Waals surface area contributed by atoms with E-state index in [1.807, 2.05) is 46.8 Å². The number of hydrogen-bond acceptors (Lipinski definition) is 5. The van der Waals surface area contributed by atoms with Crippen molar-refractivity contribution in [2.24, 2.45) is 5.73 Å². The van der Waals surface area contributed by atoms with Crippen molar-refractivity contribution in [3.63, 3.8) is 0 Å². The monoisotopic (exact) mass is 749 g/mol. The first-order chi connectivity index (χ1) is 12.7. The maximum absolute atomic E-state index is 10.6. The van der Waals surface area contributed by atoms with Gasteiger partial charge in [0.15, 0.2) is 12.1 Å². The Kier molecular flexibility index (Phi) is 36.5. The van der Waals surface area contributed by atoms with E-state index in [9.17, 15) is 4.79 Å². The molecule has 0 amide bonds. The molecule has 9 heteroatoms. The minimum Gasteiger partial charge on any atom is 0 e. The molecule has 0 aliphatic heterocycles. The van der Waals surface area contributed by atoms with Crippen LogP contribution in [0.1, 0.15) is 57.5 Å². The van der Waals surface area contributed by atoms with Gasteiger partial charge in [-0.1, -0.05) is 27.7 Å². The molecule has 1 aromatic carbocycles. The Balaban J connectivity index is -0.000000106. The maximum Gasteiger partial charge on any atom is 0 e. The maximum atomic E-state index is 10.6. The summed E-state index contributed by atoms with van der Waals surface area (Å²) in [5.74, 6) is 1.20. The molecule has 1 aromatic rings. The van der Waals surface area contributed by atoms with Gasteiger partial charge < -0.3 is 27.4 Å². The molecule has 0 spiro atoms. The first-order valence-electron chi connectivity index (χ1n) is 8.39. The SMILES string of the molecule is CC.COC(C)(OC)C(C)N.COc1cc([C-](C)C)ccc1C=O.[CH3-].[I][V][I].[Y]. The molecule has 0 saturated carbocycles. The summed E-state index contributed by atoms with van der Waals surface area (Å²) in [6.07, 6.45) is 0.799. The van der Waals surface area contributed by atoms with Gasteiger partial charge in [-0.3, -0.25) is 4.79 Å². The standard InChI is InChI=1S/C11H13O2.C6H15NO2.C2H6.CH3.2HI.V.Y/c1-8(2)9-4-5-10(7-12)11(6-9)13-3;1-5(7)6(2,8-3)9-4;1-2;;;;;/h4-7H,1-3H3;5H,7H2,1-4H3;1-2H3;1H3;2*1H;;/q-1;;;-1;;;+2;/p-2. The second kappa shape index (κ2) is 25.8. The normalized spacial score (nSPS) is 9.79. The zero-order valence-corrected chi connectivity index (χ0v) is 27.9. The van der Waals surface area contributed by atoms with Gasteiger partial charge in [-0.15, -0.1) is 12.1 Å². The number of carbonyl (C=O) groups excluding carboxylic acids is 1. The molecule has 29 heavy (non-hydrogen) atoms. The van der Waals surface area contributed by atoms with E-state index in [2.05, 4.69) is 40.0 Å². The van der Waals surface area contributed by atoms with Crippen LogP contribution in [0.25, 0.3) is 0 Å². The molecule has 0 aliphatic rings. The Labute approximate surface area is 233 Å². The summed E-state index contributed by atoms with van der Waals surface area (Å²) < 4.78 is 15.1. The smallest absolute Gasteiger partial charge is 0 e. The second-order valence-corrected chi connectivity index (χ2v) is 17.1. The predicted octanol–water partition coefficient (Wildman–Crippen LogP) is 6.06. The van der Waals surface area contributed by atoms with Gasteiger partial charge in [0, 0.05) is 52.5 Å². The minimum atomic E-state index is -0.639. The topological polar surface area (TPSA) is 70.8 Å². The number of rotatable bonds is 6. The van der Waals surface area contributed by atoms with Gasteiger partial charge in [-0.05, 0) is 13.8 Å². The summed E-state index contributed by atoms with van der Waals surface area (Å²) in [5.41, 5.74) is 7.23. The number of aldehydes is 1. The van der Waals surface area contributed by atoms with Crippen LogP contribution in [0.3, 0.4) is 0 Å². The van der Waals surface area contributed by atoms with Gasteiger partial charge in [-0.2, -0.15) is 17.5 Å². The molecule has 0 aliphatic carbocycles. The third-order valence-electron chi connectivity index (χ3n) is 3.58. The van der Waals surface area contributed by atoms with Gasteiger partial charge in [0.25, 0.3) is 0 Å². The molecule has 1 radical (unpaired) electrons. The number of hydrogen-bond donors (Lipinski definition) is 1. The van der Waals surface area contributed by atoms with Crippen molar-refractivity contribution in [2.45, 2.75) is 53.4 Å². The third-order valence-corrected chi connectivity index (χ3v) is 3.58. The van der Waals surface area contributed by atoms with Crippen LogP contribution in [0.2, 0.25) is 0 Å². The predicted molar refractivity (Wildman–Crippen MR) is 134 cm³/mol. The van der Waals surface area contributed by atoms with E-state index in [1.54, 1.807) is 34.3 Å². The van der Waals surface area contributed by atoms with E-state index in [4.69, 9.17) is 19.9 Å². The van der Waals surface area contributed by atoms with Gasteiger partial charge in [-0.25, -0.2) is 0 Å². The van der Waals surface area contributed by atoms with E-state index in [0.29, 0.717) is 20.8 Å². The Morgan fingerprint density at radius 1 is 1.17 bits per heavy atom. The quantitative estimate of drug-likeness (QED) is 0.166. The summed E-state index contributed by atoms with van der Waals surface area (Å²) in [6.45, 7) is 11.7. The molecular weight excluding hydrogens is 712 g/mol. The minimum absolute atomic E-state index is 0. The summed E-state index contributed by atoms with van der Waals surface area (Å²) in [4.78, 5) is 10.6. The molecule has 1 atom stereocenters. The second-order valence-electron chi connectivity index (χ2n) is 5.35. The Morgan fingerprint density at radius 2 is 1.59 bits per heavy atom. The first kappa shape index (κ1) is 40.9. The van der Waals surface area contributed by atoms with Crippen molar-refractivity contribution in [3.8, 4) is 5.75 Å². The molecule has 0 saturated heterocycles. The van der Waals surface area contributed by atoms with Crippen LogP contribution in [0.4, 0.5) is 0 Å².